The largest absolute Gasteiger partial charge is 0.162 e. The Morgan fingerprint density at radius 1 is 1.33 bits per heavy atom. The normalized spacial score (nSPS) is 9.44. The van der Waals surface area contributed by atoms with E-state index in [0.29, 0.717) is 0 Å². The van der Waals surface area contributed by atoms with Crippen molar-refractivity contribution >= 4 is 11.8 Å². The molecule has 0 N–H and O–H groups in total. The lowest BCUT2D eigenvalue weighted by Gasteiger charge is -1.94. The Kier molecular flexibility index (Phi) is 8.17. The molecule has 0 nitrogen and oxygen atoms in total. The van der Waals surface area contributed by atoms with E-state index in [9.17, 15) is 0 Å². The van der Waals surface area contributed by atoms with Crippen LogP contribution in [-0.4, -0.2) is 11.5 Å². The van der Waals surface area contributed by atoms with E-state index in [2.05, 4.69) is 13.5 Å². The summed E-state index contributed by atoms with van der Waals surface area (Å²) < 4.78 is 0. The average Bonchev–Trinajstić information content (AvgIpc) is 1.89. The summed E-state index contributed by atoms with van der Waals surface area (Å²) in [6.07, 6.45) is 5.75. The van der Waals surface area contributed by atoms with Crippen molar-refractivity contribution in [1.29, 1.82) is 0 Å². The first-order valence-electron chi connectivity index (χ1n) is 3.39. The Labute approximate surface area is 62.7 Å². The third-order valence-corrected chi connectivity index (χ3v) is 1.96. The molecule has 0 amide bonds. The van der Waals surface area contributed by atoms with Gasteiger partial charge < -0.3 is 0 Å². The molecule has 0 aromatic heterocycles. The summed E-state index contributed by atoms with van der Waals surface area (Å²) in [6, 6.07) is 0. The van der Waals surface area contributed by atoms with Crippen LogP contribution in [0.2, 0.25) is 0 Å². The maximum absolute atomic E-state index is 3.75. The molecular formula is C8H15S. The van der Waals surface area contributed by atoms with Gasteiger partial charge in [0.25, 0.3) is 0 Å². The lowest BCUT2D eigenvalue weighted by molar-refractivity contribution is 0.824. The van der Waals surface area contributed by atoms with Crippen LogP contribution in [0.25, 0.3) is 0 Å². The van der Waals surface area contributed by atoms with Gasteiger partial charge in [-0.15, -0.1) is 6.58 Å². The van der Waals surface area contributed by atoms with E-state index >= 15 is 0 Å². The first kappa shape index (κ1) is 9.09. The van der Waals surface area contributed by atoms with Gasteiger partial charge in [-0.3, -0.25) is 0 Å². The van der Waals surface area contributed by atoms with Gasteiger partial charge >= 0.3 is 0 Å². The third-order valence-electron chi connectivity index (χ3n) is 1.09. The van der Waals surface area contributed by atoms with E-state index in [0.717, 1.165) is 12.2 Å². The number of thioether (sulfide) groups is 1. The second-order valence-corrected chi connectivity index (χ2v) is 3.12. The van der Waals surface area contributed by atoms with E-state index in [1.807, 2.05) is 17.8 Å². The molecule has 0 aromatic carbocycles. The topological polar surface area (TPSA) is 0 Å². The standard InChI is InChI=1S/C8H15S/c1-3-5-6-7-8-9-4-2/h3H,1-2,4-8H2. The molecule has 0 aliphatic carbocycles. The molecule has 0 aliphatic heterocycles. The van der Waals surface area contributed by atoms with Crippen LogP contribution >= 0.6 is 11.8 Å². The Morgan fingerprint density at radius 3 is 2.67 bits per heavy atom. The van der Waals surface area contributed by atoms with Crippen LogP contribution < -0.4 is 0 Å². The maximum Gasteiger partial charge on any atom is -0.00672 e. The smallest absolute Gasteiger partial charge is 0.00672 e. The van der Waals surface area contributed by atoms with Crippen molar-refractivity contribution in [3.05, 3.63) is 19.6 Å². The minimum absolute atomic E-state index is 1.01. The number of hydrogen-bond acceptors (Lipinski definition) is 1. The number of unbranched alkanes of at least 4 members (excludes halogenated alkanes) is 2. The second kappa shape index (κ2) is 8.09. The molecular weight excluding hydrogens is 128 g/mol. The minimum atomic E-state index is 1.01. The van der Waals surface area contributed by atoms with Crippen molar-refractivity contribution in [3.63, 3.8) is 0 Å². The molecule has 0 rings (SSSR count). The van der Waals surface area contributed by atoms with Gasteiger partial charge in [0.15, 0.2) is 0 Å². The molecule has 0 spiro atoms. The minimum Gasteiger partial charge on any atom is -0.162 e. The van der Waals surface area contributed by atoms with Gasteiger partial charge in [0.2, 0.25) is 0 Å². The first-order chi connectivity index (χ1) is 4.41. The highest BCUT2D eigenvalue weighted by atomic mass is 32.2. The predicted molar refractivity (Wildman–Crippen MR) is 46.7 cm³/mol. The van der Waals surface area contributed by atoms with E-state index in [-0.39, 0.29) is 0 Å². The summed E-state index contributed by atoms with van der Waals surface area (Å²) in [5, 5.41) is 0. The van der Waals surface area contributed by atoms with Crippen LogP contribution in [0.4, 0.5) is 0 Å². The van der Waals surface area contributed by atoms with Crippen molar-refractivity contribution in [3.8, 4) is 0 Å². The SMILES string of the molecule is [CH2]CSCCCCC=C. The highest BCUT2D eigenvalue weighted by Gasteiger charge is 1.84. The molecule has 0 saturated carbocycles. The van der Waals surface area contributed by atoms with Gasteiger partial charge in [0, 0.05) is 0 Å². The van der Waals surface area contributed by atoms with Crippen molar-refractivity contribution < 1.29 is 0 Å². The molecule has 0 heterocycles. The van der Waals surface area contributed by atoms with Crippen LogP contribution in [0.15, 0.2) is 12.7 Å². The number of allylic oxidation sites excluding steroid dienone is 1. The Morgan fingerprint density at radius 2 is 2.11 bits per heavy atom. The first-order valence-corrected chi connectivity index (χ1v) is 4.55. The number of rotatable bonds is 6. The highest BCUT2D eigenvalue weighted by Crippen LogP contribution is 2.04. The molecule has 0 atom stereocenters. The van der Waals surface area contributed by atoms with Crippen LogP contribution in [0.3, 0.4) is 0 Å². The van der Waals surface area contributed by atoms with E-state index in [4.69, 9.17) is 0 Å². The summed E-state index contributed by atoms with van der Waals surface area (Å²) in [6.45, 7) is 7.41. The summed E-state index contributed by atoms with van der Waals surface area (Å²) in [5.74, 6) is 2.27. The van der Waals surface area contributed by atoms with Gasteiger partial charge in [-0.2, -0.15) is 11.8 Å². The van der Waals surface area contributed by atoms with E-state index in [1.165, 1.54) is 18.6 Å². The summed E-state index contributed by atoms with van der Waals surface area (Å²) in [7, 11) is 0. The molecule has 0 aromatic rings. The Bertz CT molecular complexity index is 59.6. The molecule has 9 heavy (non-hydrogen) atoms. The van der Waals surface area contributed by atoms with Gasteiger partial charge in [0.1, 0.15) is 0 Å². The quantitative estimate of drug-likeness (QED) is 0.407. The molecule has 1 heteroatoms. The zero-order chi connectivity index (χ0) is 6.95. The van der Waals surface area contributed by atoms with Gasteiger partial charge in [-0.05, 0) is 37.7 Å². The van der Waals surface area contributed by atoms with Crippen LogP contribution in [0.1, 0.15) is 19.3 Å². The van der Waals surface area contributed by atoms with Crippen molar-refractivity contribution in [2.45, 2.75) is 19.3 Å². The van der Waals surface area contributed by atoms with Crippen molar-refractivity contribution in [2.24, 2.45) is 0 Å². The molecule has 0 bridgehead atoms. The predicted octanol–water partition coefficient (Wildman–Crippen LogP) is 2.91. The van der Waals surface area contributed by atoms with Gasteiger partial charge in [-0.1, -0.05) is 6.08 Å². The van der Waals surface area contributed by atoms with E-state index < -0.39 is 0 Å². The summed E-state index contributed by atoms with van der Waals surface area (Å²) in [4.78, 5) is 0. The maximum atomic E-state index is 3.75. The fraction of sp³-hybridized carbons (Fsp3) is 0.625. The molecule has 53 valence electrons. The Hall–Kier alpha value is 0.0900. The molecule has 0 saturated heterocycles. The average molecular weight is 143 g/mol. The van der Waals surface area contributed by atoms with Gasteiger partial charge in [0.05, 0.1) is 0 Å². The van der Waals surface area contributed by atoms with Gasteiger partial charge in [-0.25, -0.2) is 0 Å². The zero-order valence-corrected chi connectivity index (χ0v) is 6.75. The fourth-order valence-electron chi connectivity index (χ4n) is 0.595. The van der Waals surface area contributed by atoms with Crippen LogP contribution in [0, 0.1) is 6.92 Å². The third kappa shape index (κ3) is 8.09. The molecule has 0 unspecified atom stereocenters. The fourth-order valence-corrected chi connectivity index (χ4v) is 1.21. The highest BCUT2D eigenvalue weighted by molar-refractivity contribution is 7.99. The lowest BCUT2D eigenvalue weighted by atomic mass is 10.2. The molecule has 0 fully saturated rings. The second-order valence-electron chi connectivity index (χ2n) is 1.90. The monoisotopic (exact) mass is 143 g/mol. The zero-order valence-electron chi connectivity index (χ0n) is 5.94. The molecule has 1 radical (unpaired) electrons. The number of hydrogen-bond donors (Lipinski definition) is 0. The summed E-state index contributed by atoms with van der Waals surface area (Å²) >= 11 is 1.91. The Balaban J connectivity index is 2.66. The molecule has 0 aliphatic rings. The van der Waals surface area contributed by atoms with Crippen LogP contribution in [0.5, 0.6) is 0 Å². The van der Waals surface area contributed by atoms with E-state index in [1.54, 1.807) is 0 Å². The van der Waals surface area contributed by atoms with Crippen molar-refractivity contribution in [1.82, 2.24) is 0 Å². The lowest BCUT2D eigenvalue weighted by Crippen LogP contribution is -1.79. The summed E-state index contributed by atoms with van der Waals surface area (Å²) in [5.41, 5.74) is 0. The van der Waals surface area contributed by atoms with Crippen molar-refractivity contribution in [2.75, 3.05) is 11.5 Å². The van der Waals surface area contributed by atoms with Crippen LogP contribution in [-0.2, 0) is 0 Å².